The number of nitro benzene ring substituents is 1. The average molecular weight is 268 g/mol. The summed E-state index contributed by atoms with van der Waals surface area (Å²) in [5.41, 5.74) is 4.85. The average Bonchev–Trinajstić information content (AvgIpc) is 2.36. The highest BCUT2D eigenvalue weighted by molar-refractivity contribution is 5.77. The van der Waals surface area contributed by atoms with Crippen molar-refractivity contribution < 1.29 is 19.6 Å². The van der Waals surface area contributed by atoms with E-state index >= 15 is 0 Å². The van der Waals surface area contributed by atoms with Crippen LogP contribution in [0.5, 0.6) is 5.75 Å². The quantitative estimate of drug-likeness (QED) is 0.485. The van der Waals surface area contributed by atoms with Gasteiger partial charge in [-0.05, 0) is 25.5 Å². The normalized spacial score (nSPS) is 12.8. The van der Waals surface area contributed by atoms with Crippen LogP contribution in [0.4, 0.5) is 5.69 Å². The van der Waals surface area contributed by atoms with Gasteiger partial charge in [0, 0.05) is 12.1 Å². The van der Waals surface area contributed by atoms with Crippen LogP contribution >= 0.6 is 0 Å². The third kappa shape index (κ3) is 2.82. The molecule has 1 aromatic carbocycles. The molecule has 0 aliphatic carbocycles. The number of phenols is 1. The molecule has 0 spiro atoms. The number of carbonyl (C=O) groups is 1. The van der Waals surface area contributed by atoms with Crippen LogP contribution in [-0.4, -0.2) is 23.1 Å². The lowest BCUT2D eigenvalue weighted by Gasteiger charge is -2.28. The summed E-state index contributed by atoms with van der Waals surface area (Å²) in [5, 5.41) is 20.1. The molecule has 0 saturated carbocycles. The van der Waals surface area contributed by atoms with Gasteiger partial charge in [0.1, 0.15) is 0 Å². The molecule has 19 heavy (non-hydrogen) atoms. The number of hydrogen-bond donors (Lipinski definition) is 2. The number of benzene rings is 1. The molecule has 1 rings (SSSR count). The Morgan fingerprint density at radius 2 is 2.11 bits per heavy atom. The van der Waals surface area contributed by atoms with Gasteiger partial charge in [0.25, 0.3) is 0 Å². The number of rotatable bonds is 4. The Balaban J connectivity index is 3.20. The fraction of sp³-hybridized carbons (Fsp3) is 0.417. The minimum Gasteiger partial charge on any atom is -0.502 e. The van der Waals surface area contributed by atoms with Crippen LogP contribution in [0.3, 0.4) is 0 Å². The number of nitrogens with zero attached hydrogens (tertiary/aromatic N) is 1. The summed E-state index contributed by atoms with van der Waals surface area (Å²) >= 11 is 0. The van der Waals surface area contributed by atoms with E-state index in [1.54, 1.807) is 13.8 Å². The molecule has 1 aromatic rings. The number of methoxy groups -OCH3 is 1. The molecule has 1 atom stereocenters. The molecule has 3 N–H and O–H groups in total. The summed E-state index contributed by atoms with van der Waals surface area (Å²) in [6.07, 6.45) is 0. The molecule has 0 radical (unpaired) electrons. The summed E-state index contributed by atoms with van der Waals surface area (Å²) in [5.74, 6) is -0.965. The zero-order valence-corrected chi connectivity index (χ0v) is 10.9. The fourth-order valence-corrected chi connectivity index (χ4v) is 1.69. The standard InChI is InChI=1S/C12H16N2O5/c1-12(2,11(16)19-3)10(13)7-4-5-9(15)8(6-7)14(17)18/h4-6,10,15H,13H2,1-3H3/t10-/m1/s1. The van der Waals surface area contributed by atoms with Crippen LogP contribution in [0.25, 0.3) is 0 Å². The number of carbonyl (C=O) groups excluding carboxylic acids is 1. The smallest absolute Gasteiger partial charge is 0.313 e. The molecular weight excluding hydrogens is 252 g/mol. The lowest BCUT2D eigenvalue weighted by atomic mass is 9.81. The van der Waals surface area contributed by atoms with E-state index in [9.17, 15) is 20.0 Å². The van der Waals surface area contributed by atoms with Gasteiger partial charge in [-0.15, -0.1) is 0 Å². The molecule has 0 saturated heterocycles. The number of nitro groups is 1. The van der Waals surface area contributed by atoms with Crippen LogP contribution in [0.1, 0.15) is 25.5 Å². The zero-order valence-electron chi connectivity index (χ0n) is 10.9. The first-order chi connectivity index (χ1) is 8.71. The molecule has 0 amide bonds. The van der Waals surface area contributed by atoms with E-state index in [1.165, 1.54) is 19.2 Å². The Labute approximate surface area is 110 Å². The van der Waals surface area contributed by atoms with Crippen molar-refractivity contribution >= 4 is 11.7 Å². The highest BCUT2D eigenvalue weighted by Crippen LogP contribution is 2.36. The monoisotopic (exact) mass is 268 g/mol. The van der Waals surface area contributed by atoms with Gasteiger partial charge in [-0.25, -0.2) is 0 Å². The molecule has 7 heteroatoms. The Bertz CT molecular complexity index is 513. The van der Waals surface area contributed by atoms with Gasteiger partial charge in [0.05, 0.1) is 17.4 Å². The van der Waals surface area contributed by atoms with Gasteiger partial charge in [-0.2, -0.15) is 0 Å². The predicted molar refractivity (Wildman–Crippen MR) is 67.5 cm³/mol. The SMILES string of the molecule is COC(=O)C(C)(C)[C@H](N)c1ccc(O)c([N+](=O)[O-])c1. The third-order valence-corrected chi connectivity index (χ3v) is 3.04. The van der Waals surface area contributed by atoms with Gasteiger partial charge in [0.15, 0.2) is 5.75 Å². The molecule has 0 aromatic heterocycles. The van der Waals surface area contributed by atoms with Crippen LogP contribution in [-0.2, 0) is 9.53 Å². The topological polar surface area (TPSA) is 116 Å². The van der Waals surface area contributed by atoms with E-state index in [1.807, 2.05) is 0 Å². The predicted octanol–water partition coefficient (Wildman–Crippen LogP) is 1.50. The van der Waals surface area contributed by atoms with Crippen LogP contribution in [0.15, 0.2) is 18.2 Å². The van der Waals surface area contributed by atoms with E-state index in [0.717, 1.165) is 6.07 Å². The number of ether oxygens (including phenoxy) is 1. The Morgan fingerprint density at radius 3 is 2.58 bits per heavy atom. The second kappa shape index (κ2) is 5.23. The summed E-state index contributed by atoms with van der Waals surface area (Å²) < 4.78 is 4.66. The molecule has 0 fully saturated rings. The largest absolute Gasteiger partial charge is 0.502 e. The van der Waals surface area contributed by atoms with Gasteiger partial charge in [-0.1, -0.05) is 6.07 Å². The summed E-state index contributed by atoms with van der Waals surface area (Å²) in [4.78, 5) is 21.7. The van der Waals surface area contributed by atoms with Crippen LogP contribution in [0, 0.1) is 15.5 Å². The number of esters is 1. The first-order valence-corrected chi connectivity index (χ1v) is 5.53. The zero-order chi connectivity index (χ0) is 14.8. The number of phenolic OH excluding ortho intramolecular Hbond substituents is 1. The van der Waals surface area contributed by atoms with E-state index in [4.69, 9.17) is 5.73 Å². The van der Waals surface area contributed by atoms with Crippen molar-refractivity contribution in [1.82, 2.24) is 0 Å². The fourth-order valence-electron chi connectivity index (χ4n) is 1.69. The van der Waals surface area contributed by atoms with Gasteiger partial charge < -0.3 is 15.6 Å². The minimum absolute atomic E-state index is 0.375. The van der Waals surface area contributed by atoms with Gasteiger partial charge in [-0.3, -0.25) is 14.9 Å². The summed E-state index contributed by atoms with van der Waals surface area (Å²) in [6, 6.07) is 2.99. The van der Waals surface area contributed by atoms with E-state index < -0.39 is 33.8 Å². The van der Waals surface area contributed by atoms with E-state index in [-0.39, 0.29) is 0 Å². The Kier molecular flexibility index (Phi) is 4.10. The molecule has 0 aliphatic rings. The molecule has 0 aliphatic heterocycles. The first-order valence-electron chi connectivity index (χ1n) is 5.53. The molecule has 0 unspecified atom stereocenters. The molecule has 0 heterocycles. The van der Waals surface area contributed by atoms with Gasteiger partial charge in [0.2, 0.25) is 0 Å². The molecule has 0 bridgehead atoms. The van der Waals surface area contributed by atoms with Gasteiger partial charge >= 0.3 is 11.7 Å². The number of aromatic hydroxyl groups is 1. The van der Waals surface area contributed by atoms with Crippen molar-refractivity contribution in [2.24, 2.45) is 11.1 Å². The maximum Gasteiger partial charge on any atom is 0.313 e. The van der Waals surface area contributed by atoms with E-state index in [2.05, 4.69) is 4.74 Å². The Hall–Kier alpha value is -2.15. The van der Waals surface area contributed by atoms with Crippen molar-refractivity contribution in [1.29, 1.82) is 0 Å². The van der Waals surface area contributed by atoms with Crippen LogP contribution < -0.4 is 5.73 Å². The van der Waals surface area contributed by atoms with Crippen LogP contribution in [0.2, 0.25) is 0 Å². The second-order valence-electron chi connectivity index (χ2n) is 4.70. The number of nitrogens with two attached hydrogens (primary N) is 1. The van der Waals surface area contributed by atoms with E-state index in [0.29, 0.717) is 5.56 Å². The lowest BCUT2D eigenvalue weighted by Crippen LogP contribution is -2.37. The van der Waals surface area contributed by atoms with Crippen molar-refractivity contribution in [3.8, 4) is 5.75 Å². The summed E-state index contributed by atoms with van der Waals surface area (Å²) in [7, 11) is 1.25. The highest BCUT2D eigenvalue weighted by Gasteiger charge is 2.37. The third-order valence-electron chi connectivity index (χ3n) is 3.04. The lowest BCUT2D eigenvalue weighted by molar-refractivity contribution is -0.385. The second-order valence-corrected chi connectivity index (χ2v) is 4.70. The maximum absolute atomic E-state index is 11.6. The molecular formula is C12H16N2O5. The van der Waals surface area contributed by atoms with Crippen molar-refractivity contribution in [3.05, 3.63) is 33.9 Å². The van der Waals surface area contributed by atoms with Crippen molar-refractivity contribution in [2.75, 3.05) is 7.11 Å². The Morgan fingerprint density at radius 1 is 1.53 bits per heavy atom. The molecule has 104 valence electrons. The van der Waals surface area contributed by atoms with Crippen molar-refractivity contribution in [3.63, 3.8) is 0 Å². The first kappa shape index (κ1) is 14.9. The molecule has 7 nitrogen and oxygen atoms in total. The number of hydrogen-bond acceptors (Lipinski definition) is 6. The highest BCUT2D eigenvalue weighted by atomic mass is 16.6. The summed E-state index contributed by atoms with van der Waals surface area (Å²) in [6.45, 7) is 3.17. The maximum atomic E-state index is 11.6. The van der Waals surface area contributed by atoms with Crippen molar-refractivity contribution in [2.45, 2.75) is 19.9 Å². The minimum atomic E-state index is -1.04.